The van der Waals surface area contributed by atoms with Crippen molar-refractivity contribution in [3.8, 4) is 5.75 Å². The van der Waals surface area contributed by atoms with Gasteiger partial charge in [0.05, 0.1) is 13.2 Å². The highest BCUT2D eigenvalue weighted by Gasteiger charge is 2.10. The van der Waals surface area contributed by atoms with Crippen LogP contribution in [0.25, 0.3) is 0 Å². The predicted octanol–water partition coefficient (Wildman–Crippen LogP) is 1.98. The molecule has 0 fully saturated rings. The molecule has 1 aromatic heterocycles. The first-order valence-electron chi connectivity index (χ1n) is 8.73. The van der Waals surface area contributed by atoms with Gasteiger partial charge in [-0.05, 0) is 19.1 Å². The summed E-state index contributed by atoms with van der Waals surface area (Å²) in [5.74, 6) is 2.16. The van der Waals surface area contributed by atoms with E-state index in [1.165, 1.54) is 6.07 Å². The second-order valence-electron chi connectivity index (χ2n) is 5.98. The van der Waals surface area contributed by atoms with Crippen molar-refractivity contribution >= 4 is 29.9 Å². The fourth-order valence-corrected chi connectivity index (χ4v) is 2.27. The number of benzene rings is 1. The molecule has 0 unspecified atom stereocenters. The van der Waals surface area contributed by atoms with Gasteiger partial charge in [0.2, 0.25) is 0 Å². The van der Waals surface area contributed by atoms with Gasteiger partial charge < -0.3 is 24.3 Å². The number of aromatic nitrogens is 3. The van der Waals surface area contributed by atoms with Gasteiger partial charge in [-0.15, -0.1) is 34.2 Å². The zero-order valence-electron chi connectivity index (χ0n) is 16.7. The second kappa shape index (κ2) is 12.5. The number of methoxy groups -OCH3 is 1. The Hall–Kier alpha value is -1.95. The number of hydrogen-bond donors (Lipinski definition) is 1. The largest absolute Gasteiger partial charge is 0.489 e. The lowest BCUT2D eigenvalue weighted by atomic mass is 10.3. The standard InChI is InChI=1S/C18H27FN6O2.HI/c1-14-22-23-17(25(14)3)13-21-18(20-9-11-26-4)24(2)10-12-27-16-8-6-5-7-15(16)19;/h5-8H,9-13H2,1-4H3,(H,20,21);1H. The molecule has 0 aliphatic carbocycles. The lowest BCUT2D eigenvalue weighted by molar-refractivity contribution is 0.202. The number of guanidine groups is 1. The monoisotopic (exact) mass is 506 g/mol. The van der Waals surface area contributed by atoms with Crippen LogP contribution in [0.15, 0.2) is 29.3 Å². The highest BCUT2D eigenvalue weighted by atomic mass is 127. The van der Waals surface area contributed by atoms with Crippen LogP contribution in [0.2, 0.25) is 0 Å². The summed E-state index contributed by atoms with van der Waals surface area (Å²) in [7, 11) is 5.45. The maximum absolute atomic E-state index is 13.6. The van der Waals surface area contributed by atoms with Crippen molar-refractivity contribution in [1.29, 1.82) is 0 Å². The van der Waals surface area contributed by atoms with Crippen LogP contribution in [0.5, 0.6) is 5.75 Å². The molecule has 0 atom stereocenters. The van der Waals surface area contributed by atoms with Crippen LogP contribution in [0.4, 0.5) is 4.39 Å². The Balaban J connectivity index is 0.00000392. The number of aliphatic imine (C=N–C) groups is 1. The fraction of sp³-hybridized carbons (Fsp3) is 0.500. The SMILES string of the molecule is COCCNC(=NCc1nnc(C)n1C)N(C)CCOc1ccccc1F.I. The molecule has 0 amide bonds. The van der Waals surface area contributed by atoms with Crippen molar-refractivity contribution in [3.05, 3.63) is 41.7 Å². The Bertz CT molecular complexity index is 755. The summed E-state index contributed by atoms with van der Waals surface area (Å²) in [6.45, 7) is 4.32. The van der Waals surface area contributed by atoms with Gasteiger partial charge in [0, 0.05) is 27.7 Å². The van der Waals surface area contributed by atoms with E-state index in [1.54, 1.807) is 25.3 Å². The van der Waals surface area contributed by atoms with Gasteiger partial charge in [-0.1, -0.05) is 12.1 Å². The molecule has 0 spiro atoms. The Labute approximate surface area is 182 Å². The summed E-state index contributed by atoms with van der Waals surface area (Å²) in [6.07, 6.45) is 0. The van der Waals surface area contributed by atoms with Crippen LogP contribution in [-0.2, 0) is 18.3 Å². The van der Waals surface area contributed by atoms with E-state index in [4.69, 9.17) is 9.47 Å². The molecule has 28 heavy (non-hydrogen) atoms. The van der Waals surface area contributed by atoms with Gasteiger partial charge in [-0.2, -0.15) is 0 Å². The summed E-state index contributed by atoms with van der Waals surface area (Å²) in [5, 5.41) is 11.4. The van der Waals surface area contributed by atoms with Crippen molar-refractivity contribution in [3.63, 3.8) is 0 Å². The van der Waals surface area contributed by atoms with Crippen LogP contribution in [0.1, 0.15) is 11.6 Å². The van der Waals surface area contributed by atoms with E-state index in [0.29, 0.717) is 38.8 Å². The third kappa shape index (κ3) is 7.23. The van der Waals surface area contributed by atoms with Crippen LogP contribution in [-0.4, -0.2) is 66.1 Å². The summed E-state index contributed by atoms with van der Waals surface area (Å²) < 4.78 is 26.1. The number of nitrogens with zero attached hydrogens (tertiary/aromatic N) is 5. The normalized spacial score (nSPS) is 11.1. The Morgan fingerprint density at radius 2 is 2.04 bits per heavy atom. The molecule has 1 heterocycles. The average Bonchev–Trinajstić information content (AvgIpc) is 2.98. The number of hydrogen-bond acceptors (Lipinski definition) is 5. The molecular formula is C18H28FIN6O2. The first-order valence-corrected chi connectivity index (χ1v) is 8.73. The van der Waals surface area contributed by atoms with Gasteiger partial charge >= 0.3 is 0 Å². The van der Waals surface area contributed by atoms with E-state index >= 15 is 0 Å². The van der Waals surface area contributed by atoms with Gasteiger partial charge in [0.25, 0.3) is 0 Å². The molecule has 0 aliphatic rings. The van der Waals surface area contributed by atoms with Gasteiger partial charge in [-0.3, -0.25) is 0 Å². The van der Waals surface area contributed by atoms with E-state index in [0.717, 1.165) is 11.6 Å². The Morgan fingerprint density at radius 1 is 1.29 bits per heavy atom. The topological polar surface area (TPSA) is 76.8 Å². The molecule has 2 rings (SSSR count). The minimum Gasteiger partial charge on any atom is -0.489 e. The van der Waals surface area contributed by atoms with Crippen molar-refractivity contribution in [2.24, 2.45) is 12.0 Å². The molecule has 10 heteroatoms. The van der Waals surface area contributed by atoms with Crippen molar-refractivity contribution in [2.75, 3.05) is 40.5 Å². The van der Waals surface area contributed by atoms with Crippen molar-refractivity contribution in [2.45, 2.75) is 13.5 Å². The van der Waals surface area contributed by atoms with E-state index in [9.17, 15) is 4.39 Å². The number of rotatable bonds is 9. The third-order valence-electron chi connectivity index (χ3n) is 4.02. The molecule has 0 radical (unpaired) electrons. The summed E-state index contributed by atoms with van der Waals surface area (Å²) >= 11 is 0. The fourth-order valence-electron chi connectivity index (χ4n) is 2.27. The Kier molecular flexibility index (Phi) is 10.8. The average molecular weight is 506 g/mol. The molecule has 8 nitrogen and oxygen atoms in total. The first kappa shape index (κ1) is 24.1. The molecule has 156 valence electrons. The van der Waals surface area contributed by atoms with Gasteiger partial charge in [0.1, 0.15) is 19.0 Å². The minimum absolute atomic E-state index is 0. The summed E-state index contributed by atoms with van der Waals surface area (Å²) in [6, 6.07) is 6.36. The molecule has 0 saturated carbocycles. The molecular weight excluding hydrogens is 478 g/mol. The molecule has 1 N–H and O–H groups in total. The van der Waals surface area contributed by atoms with Crippen LogP contribution in [0.3, 0.4) is 0 Å². The lowest BCUT2D eigenvalue weighted by Gasteiger charge is -2.22. The van der Waals surface area contributed by atoms with Crippen LogP contribution < -0.4 is 10.1 Å². The smallest absolute Gasteiger partial charge is 0.194 e. The maximum atomic E-state index is 13.6. The highest BCUT2D eigenvalue weighted by Crippen LogP contribution is 2.15. The number of nitrogens with one attached hydrogen (secondary N) is 1. The molecule has 0 saturated heterocycles. The predicted molar refractivity (Wildman–Crippen MR) is 117 cm³/mol. The quantitative estimate of drug-likeness (QED) is 0.243. The number of halogens is 2. The molecule has 0 bridgehead atoms. The number of para-hydroxylation sites is 1. The van der Waals surface area contributed by atoms with E-state index in [-0.39, 0.29) is 35.5 Å². The summed E-state index contributed by atoms with van der Waals surface area (Å²) in [5.41, 5.74) is 0. The highest BCUT2D eigenvalue weighted by molar-refractivity contribution is 14.0. The zero-order chi connectivity index (χ0) is 19.6. The third-order valence-corrected chi connectivity index (χ3v) is 4.02. The minimum atomic E-state index is -0.370. The molecule has 2 aromatic rings. The van der Waals surface area contributed by atoms with Gasteiger partial charge in [-0.25, -0.2) is 9.38 Å². The lowest BCUT2D eigenvalue weighted by Crippen LogP contribution is -2.42. The van der Waals surface area contributed by atoms with Crippen molar-refractivity contribution in [1.82, 2.24) is 25.0 Å². The van der Waals surface area contributed by atoms with Crippen LogP contribution in [0, 0.1) is 12.7 Å². The molecule has 0 aliphatic heterocycles. The number of ether oxygens (including phenoxy) is 2. The molecule has 1 aromatic carbocycles. The summed E-state index contributed by atoms with van der Waals surface area (Å²) in [4.78, 5) is 6.52. The maximum Gasteiger partial charge on any atom is 0.194 e. The Morgan fingerprint density at radius 3 is 2.68 bits per heavy atom. The first-order chi connectivity index (χ1) is 13.0. The van der Waals surface area contributed by atoms with Crippen LogP contribution >= 0.6 is 24.0 Å². The van der Waals surface area contributed by atoms with E-state index in [1.807, 2.05) is 30.5 Å². The second-order valence-corrected chi connectivity index (χ2v) is 5.98. The zero-order valence-corrected chi connectivity index (χ0v) is 19.0. The van der Waals surface area contributed by atoms with E-state index in [2.05, 4.69) is 20.5 Å². The number of aryl methyl sites for hydroxylation is 1. The van der Waals surface area contributed by atoms with E-state index < -0.39 is 0 Å². The van der Waals surface area contributed by atoms with Gasteiger partial charge in [0.15, 0.2) is 23.4 Å². The van der Waals surface area contributed by atoms with Crippen molar-refractivity contribution < 1.29 is 13.9 Å². The number of likely N-dealkylation sites (N-methyl/N-ethyl adjacent to an activating group) is 1.